The minimum Gasteiger partial charge on any atom is -0.465 e. The number of nitrogens with zero attached hydrogens (tertiary/aromatic N) is 1. The Bertz CT molecular complexity index is 440. The fourth-order valence-corrected chi connectivity index (χ4v) is 2.48. The van der Waals surface area contributed by atoms with E-state index in [9.17, 15) is 9.18 Å². The van der Waals surface area contributed by atoms with Crippen LogP contribution in [0.3, 0.4) is 0 Å². The van der Waals surface area contributed by atoms with Crippen LogP contribution in [0.2, 0.25) is 0 Å². The van der Waals surface area contributed by atoms with Gasteiger partial charge in [-0.1, -0.05) is 18.9 Å². The van der Waals surface area contributed by atoms with Crippen molar-refractivity contribution in [2.24, 2.45) is 0 Å². The molecule has 1 aliphatic rings. The molecule has 0 bridgehead atoms. The second-order valence-electron chi connectivity index (χ2n) is 5.00. The van der Waals surface area contributed by atoms with Crippen molar-refractivity contribution in [1.82, 2.24) is 4.90 Å². The van der Waals surface area contributed by atoms with Gasteiger partial charge in [-0.2, -0.15) is 0 Å². The number of carbonyl (C=O) groups excluding carboxylic acids is 1. The monoisotopic (exact) mass is 265 g/mol. The van der Waals surface area contributed by atoms with Crippen molar-refractivity contribution >= 4 is 5.97 Å². The molecule has 1 heterocycles. The molecule has 19 heavy (non-hydrogen) atoms. The van der Waals surface area contributed by atoms with E-state index in [1.807, 2.05) is 0 Å². The lowest BCUT2D eigenvalue weighted by Gasteiger charge is -2.19. The first-order valence-electron chi connectivity index (χ1n) is 6.80. The van der Waals surface area contributed by atoms with E-state index in [4.69, 9.17) is 0 Å². The van der Waals surface area contributed by atoms with Crippen LogP contribution in [-0.4, -0.2) is 31.1 Å². The van der Waals surface area contributed by atoms with Gasteiger partial charge in [-0.15, -0.1) is 0 Å². The summed E-state index contributed by atoms with van der Waals surface area (Å²) in [5.41, 5.74) is 0.911. The Balaban J connectivity index is 2.04. The summed E-state index contributed by atoms with van der Waals surface area (Å²) in [6, 6.07) is 4.76. The Morgan fingerprint density at radius 3 is 2.53 bits per heavy atom. The molecule has 0 N–H and O–H groups in total. The average Bonchev–Trinajstić information content (AvgIpc) is 2.67. The number of benzene rings is 1. The summed E-state index contributed by atoms with van der Waals surface area (Å²) >= 11 is 0. The number of likely N-dealkylation sites (tertiary alicyclic amines) is 1. The second-order valence-corrected chi connectivity index (χ2v) is 5.00. The molecule has 2 rings (SSSR count). The summed E-state index contributed by atoms with van der Waals surface area (Å²) in [6.45, 7) is 2.89. The molecule has 0 aromatic heterocycles. The Morgan fingerprint density at radius 1 is 1.26 bits per heavy atom. The van der Waals surface area contributed by atoms with Crippen molar-refractivity contribution in [1.29, 1.82) is 0 Å². The van der Waals surface area contributed by atoms with Gasteiger partial charge < -0.3 is 4.74 Å². The van der Waals surface area contributed by atoms with Crippen molar-refractivity contribution < 1.29 is 13.9 Å². The first kappa shape index (κ1) is 14.0. The Hall–Kier alpha value is -1.42. The van der Waals surface area contributed by atoms with Gasteiger partial charge in [0.1, 0.15) is 5.82 Å². The zero-order valence-corrected chi connectivity index (χ0v) is 11.3. The van der Waals surface area contributed by atoms with E-state index in [0.29, 0.717) is 0 Å². The zero-order chi connectivity index (χ0) is 13.7. The highest BCUT2D eigenvalue weighted by atomic mass is 19.1. The van der Waals surface area contributed by atoms with Gasteiger partial charge in [-0.3, -0.25) is 4.90 Å². The van der Waals surface area contributed by atoms with Crippen LogP contribution in [0.15, 0.2) is 18.2 Å². The molecule has 104 valence electrons. The maximum Gasteiger partial charge on any atom is 0.340 e. The molecule has 1 fully saturated rings. The highest BCUT2D eigenvalue weighted by Gasteiger charge is 2.14. The summed E-state index contributed by atoms with van der Waals surface area (Å²) in [5.74, 6) is -1.13. The molecule has 1 aromatic rings. The summed E-state index contributed by atoms with van der Waals surface area (Å²) < 4.78 is 18.3. The van der Waals surface area contributed by atoms with Gasteiger partial charge in [-0.25, -0.2) is 9.18 Å². The lowest BCUT2D eigenvalue weighted by molar-refractivity contribution is 0.0595. The molecule has 0 spiro atoms. The standard InChI is InChI=1S/C15H20FNO2/c1-19-15(18)13-7-6-12(10-14(13)16)11-17-8-4-2-3-5-9-17/h6-7,10H,2-5,8-9,11H2,1H3. The first-order chi connectivity index (χ1) is 9.20. The van der Waals surface area contributed by atoms with Crippen LogP contribution < -0.4 is 0 Å². The molecule has 3 nitrogen and oxygen atoms in total. The normalized spacial score (nSPS) is 16.9. The number of esters is 1. The average molecular weight is 265 g/mol. The lowest BCUT2D eigenvalue weighted by atomic mass is 10.1. The summed E-state index contributed by atoms with van der Waals surface area (Å²) in [5, 5.41) is 0. The summed E-state index contributed by atoms with van der Waals surface area (Å²) in [4.78, 5) is 13.7. The maximum absolute atomic E-state index is 13.8. The summed E-state index contributed by atoms with van der Waals surface area (Å²) in [6.07, 6.45) is 4.99. The van der Waals surface area contributed by atoms with Crippen LogP contribution in [0, 0.1) is 5.82 Å². The minimum absolute atomic E-state index is 0.00196. The van der Waals surface area contributed by atoms with Gasteiger partial charge >= 0.3 is 5.97 Å². The van der Waals surface area contributed by atoms with Crippen LogP contribution in [0.25, 0.3) is 0 Å². The van der Waals surface area contributed by atoms with E-state index < -0.39 is 11.8 Å². The number of hydrogen-bond donors (Lipinski definition) is 0. The molecular weight excluding hydrogens is 245 g/mol. The number of methoxy groups -OCH3 is 1. The van der Waals surface area contributed by atoms with Gasteiger partial charge in [0.25, 0.3) is 0 Å². The fourth-order valence-electron chi connectivity index (χ4n) is 2.48. The molecule has 0 amide bonds. The highest BCUT2D eigenvalue weighted by molar-refractivity contribution is 5.89. The van der Waals surface area contributed by atoms with Crippen LogP contribution >= 0.6 is 0 Å². The third-order valence-electron chi connectivity index (χ3n) is 3.54. The van der Waals surface area contributed by atoms with Crippen LogP contribution in [0.1, 0.15) is 41.6 Å². The van der Waals surface area contributed by atoms with Crippen LogP contribution in [0.4, 0.5) is 4.39 Å². The molecule has 0 unspecified atom stereocenters. The van der Waals surface area contributed by atoms with E-state index in [2.05, 4.69) is 9.64 Å². The number of hydrogen-bond acceptors (Lipinski definition) is 3. The van der Waals surface area contributed by atoms with Crippen molar-refractivity contribution in [3.8, 4) is 0 Å². The first-order valence-corrected chi connectivity index (χ1v) is 6.80. The molecular formula is C15H20FNO2. The summed E-state index contributed by atoms with van der Waals surface area (Å²) in [7, 11) is 1.26. The predicted octanol–water partition coefficient (Wildman–Crippen LogP) is 2.99. The zero-order valence-electron chi connectivity index (χ0n) is 11.3. The minimum atomic E-state index is -0.626. The SMILES string of the molecule is COC(=O)c1ccc(CN2CCCCCC2)cc1F. The number of carbonyl (C=O) groups is 1. The van der Waals surface area contributed by atoms with Gasteiger partial charge in [0.15, 0.2) is 0 Å². The van der Waals surface area contributed by atoms with Crippen LogP contribution in [-0.2, 0) is 11.3 Å². The highest BCUT2D eigenvalue weighted by Crippen LogP contribution is 2.16. The maximum atomic E-state index is 13.8. The Kier molecular flexibility index (Phi) is 4.91. The molecule has 1 aromatic carbocycles. The Morgan fingerprint density at radius 2 is 1.95 bits per heavy atom. The Labute approximate surface area is 113 Å². The molecule has 0 saturated carbocycles. The molecule has 4 heteroatoms. The predicted molar refractivity (Wildman–Crippen MR) is 71.5 cm³/mol. The van der Waals surface area contributed by atoms with E-state index in [-0.39, 0.29) is 5.56 Å². The van der Waals surface area contributed by atoms with Crippen molar-refractivity contribution in [2.45, 2.75) is 32.2 Å². The fraction of sp³-hybridized carbons (Fsp3) is 0.533. The third kappa shape index (κ3) is 3.77. The molecule has 0 atom stereocenters. The number of ether oxygens (including phenoxy) is 1. The molecule has 0 aliphatic carbocycles. The number of halogens is 1. The molecule has 1 saturated heterocycles. The van der Waals surface area contributed by atoms with E-state index in [1.54, 1.807) is 6.07 Å². The topological polar surface area (TPSA) is 29.5 Å². The van der Waals surface area contributed by atoms with Gasteiger partial charge in [0, 0.05) is 6.54 Å². The van der Waals surface area contributed by atoms with Crippen molar-refractivity contribution in [3.05, 3.63) is 35.1 Å². The van der Waals surface area contributed by atoms with E-state index in [0.717, 1.165) is 25.2 Å². The van der Waals surface area contributed by atoms with Crippen molar-refractivity contribution in [2.75, 3.05) is 20.2 Å². The van der Waals surface area contributed by atoms with E-state index in [1.165, 1.54) is 44.9 Å². The third-order valence-corrected chi connectivity index (χ3v) is 3.54. The van der Waals surface area contributed by atoms with E-state index >= 15 is 0 Å². The lowest BCUT2D eigenvalue weighted by Crippen LogP contribution is -2.24. The second kappa shape index (κ2) is 6.66. The smallest absolute Gasteiger partial charge is 0.340 e. The van der Waals surface area contributed by atoms with Gasteiger partial charge in [0.2, 0.25) is 0 Å². The quantitative estimate of drug-likeness (QED) is 0.787. The van der Waals surface area contributed by atoms with Crippen LogP contribution in [0.5, 0.6) is 0 Å². The molecule has 1 aliphatic heterocycles. The van der Waals surface area contributed by atoms with Crippen molar-refractivity contribution in [3.63, 3.8) is 0 Å². The largest absolute Gasteiger partial charge is 0.465 e. The number of rotatable bonds is 3. The van der Waals surface area contributed by atoms with Gasteiger partial charge in [0.05, 0.1) is 12.7 Å². The van der Waals surface area contributed by atoms with Gasteiger partial charge in [-0.05, 0) is 43.6 Å². The molecule has 0 radical (unpaired) electrons.